The standard InChI is InChI=1S/C11H13NO3.C9H11N3O2.C8H15/c1-6-7(10(13)4-12)2-3-8-9(6)5-15-11(8)14;1-14-9-2-7(8(13)4-11)12-5-6(9)3-10;1-2-4-6-8-7-5-3-1/h2-3,10,13H,4-5,12H2,1H3;2,5,8,13H,4,11H2,1H3;1H,2-8H2/t10-;;/m0../s1. The second-order valence-corrected chi connectivity index (χ2v) is 8.94. The van der Waals surface area contributed by atoms with Crippen LogP contribution in [-0.2, 0) is 11.3 Å². The molecule has 2 atom stereocenters. The molecular formula is C28H39N4O5. The van der Waals surface area contributed by atoms with Gasteiger partial charge in [-0.1, -0.05) is 51.0 Å². The van der Waals surface area contributed by atoms with E-state index in [4.69, 9.17) is 26.2 Å². The summed E-state index contributed by atoms with van der Waals surface area (Å²) in [6.07, 6.45) is 12.4. The maximum Gasteiger partial charge on any atom is 0.338 e. The summed E-state index contributed by atoms with van der Waals surface area (Å²) in [5, 5.41) is 27.7. The third-order valence-corrected chi connectivity index (χ3v) is 6.40. The Bertz CT molecular complexity index is 1030. The van der Waals surface area contributed by atoms with E-state index in [0.717, 1.165) is 16.7 Å². The molecule has 0 saturated heterocycles. The fourth-order valence-corrected chi connectivity index (χ4v) is 4.12. The van der Waals surface area contributed by atoms with Crippen LogP contribution in [0.2, 0.25) is 0 Å². The SMILES string of the molecule is COc1cc(C(O)CN)ncc1C#N.Cc1c([C@@H](O)CN)ccc2c1COC2=O.[CH]1CCCCCCC1. The number of esters is 1. The molecule has 1 saturated carbocycles. The maximum absolute atomic E-state index is 11.3. The number of nitrogens with zero attached hydrogens (tertiary/aromatic N) is 2. The van der Waals surface area contributed by atoms with Crippen LogP contribution in [0.1, 0.15) is 95.5 Å². The average molecular weight is 512 g/mol. The van der Waals surface area contributed by atoms with Gasteiger partial charge in [0.25, 0.3) is 0 Å². The minimum atomic E-state index is -0.823. The number of carbonyl (C=O) groups is 1. The zero-order chi connectivity index (χ0) is 27.2. The van der Waals surface area contributed by atoms with Gasteiger partial charge >= 0.3 is 5.97 Å². The first-order valence-electron chi connectivity index (χ1n) is 12.7. The third kappa shape index (κ3) is 8.79. The number of rotatable bonds is 5. The highest BCUT2D eigenvalue weighted by Crippen LogP contribution is 2.28. The average Bonchev–Trinajstić information content (AvgIpc) is 3.29. The number of aromatic nitrogens is 1. The van der Waals surface area contributed by atoms with Crippen molar-refractivity contribution in [2.24, 2.45) is 11.5 Å². The van der Waals surface area contributed by atoms with Gasteiger partial charge in [-0.25, -0.2) is 4.79 Å². The molecule has 1 fully saturated rings. The molecule has 201 valence electrons. The number of fused-ring (bicyclic) bond motifs is 1. The number of aliphatic hydroxyl groups excluding tert-OH is 2. The van der Waals surface area contributed by atoms with Crippen molar-refractivity contribution in [3.05, 3.63) is 64.3 Å². The van der Waals surface area contributed by atoms with Crippen LogP contribution in [0.3, 0.4) is 0 Å². The van der Waals surface area contributed by atoms with Crippen LogP contribution in [0, 0.1) is 24.7 Å². The zero-order valence-electron chi connectivity index (χ0n) is 21.8. The summed E-state index contributed by atoms with van der Waals surface area (Å²) in [5.41, 5.74) is 14.5. The molecule has 9 nitrogen and oxygen atoms in total. The van der Waals surface area contributed by atoms with E-state index < -0.39 is 12.2 Å². The second-order valence-electron chi connectivity index (χ2n) is 8.94. The van der Waals surface area contributed by atoms with Gasteiger partial charge in [-0.2, -0.15) is 5.26 Å². The van der Waals surface area contributed by atoms with E-state index >= 15 is 0 Å². The molecule has 0 spiro atoms. The van der Waals surface area contributed by atoms with Crippen molar-refractivity contribution in [2.75, 3.05) is 20.2 Å². The van der Waals surface area contributed by atoms with Crippen molar-refractivity contribution in [1.29, 1.82) is 5.26 Å². The number of carbonyl (C=O) groups excluding carboxylic acids is 1. The van der Waals surface area contributed by atoms with Gasteiger partial charge in [0.05, 0.1) is 24.5 Å². The first kappa shape index (κ1) is 30.2. The van der Waals surface area contributed by atoms with Crippen LogP contribution < -0.4 is 16.2 Å². The van der Waals surface area contributed by atoms with Crippen LogP contribution in [-0.4, -0.2) is 41.4 Å². The molecule has 0 amide bonds. The van der Waals surface area contributed by atoms with Crippen LogP contribution >= 0.6 is 0 Å². The molecule has 2 aliphatic rings. The molecule has 37 heavy (non-hydrogen) atoms. The monoisotopic (exact) mass is 511 g/mol. The second kappa shape index (κ2) is 15.9. The number of nitriles is 1. The van der Waals surface area contributed by atoms with Crippen molar-refractivity contribution in [3.8, 4) is 11.8 Å². The number of hydrogen-bond donors (Lipinski definition) is 4. The van der Waals surface area contributed by atoms with Crippen molar-refractivity contribution < 1.29 is 24.5 Å². The van der Waals surface area contributed by atoms with Gasteiger partial charge in [0.15, 0.2) is 0 Å². The lowest BCUT2D eigenvalue weighted by molar-refractivity contribution is 0.0535. The first-order chi connectivity index (χ1) is 17.9. The van der Waals surface area contributed by atoms with Gasteiger partial charge < -0.3 is 31.2 Å². The zero-order valence-corrected chi connectivity index (χ0v) is 21.8. The van der Waals surface area contributed by atoms with Gasteiger partial charge in [0.1, 0.15) is 30.1 Å². The molecule has 9 heteroatoms. The van der Waals surface area contributed by atoms with Gasteiger partial charge in [-0.3, -0.25) is 4.98 Å². The number of pyridine rings is 1. The summed E-state index contributed by atoms with van der Waals surface area (Å²) in [6, 6.07) is 6.86. The molecule has 4 rings (SSSR count). The number of benzene rings is 1. The summed E-state index contributed by atoms with van der Waals surface area (Å²) >= 11 is 0. The topological polar surface area (TPSA) is 165 Å². The Morgan fingerprint density at radius 2 is 1.76 bits per heavy atom. The van der Waals surface area contributed by atoms with Crippen molar-refractivity contribution in [1.82, 2.24) is 4.98 Å². The van der Waals surface area contributed by atoms with Gasteiger partial charge in [0.2, 0.25) is 0 Å². The largest absolute Gasteiger partial charge is 0.495 e. The lowest BCUT2D eigenvalue weighted by atomic mass is 9.95. The Morgan fingerprint density at radius 1 is 1.11 bits per heavy atom. The molecule has 2 heterocycles. The van der Waals surface area contributed by atoms with E-state index in [0.29, 0.717) is 29.2 Å². The molecule has 6 N–H and O–H groups in total. The van der Waals surface area contributed by atoms with E-state index in [-0.39, 0.29) is 19.1 Å². The van der Waals surface area contributed by atoms with Crippen molar-refractivity contribution in [3.63, 3.8) is 0 Å². The molecular weight excluding hydrogens is 472 g/mol. The minimum Gasteiger partial charge on any atom is -0.495 e. The first-order valence-corrected chi connectivity index (χ1v) is 12.7. The lowest BCUT2D eigenvalue weighted by Crippen LogP contribution is -2.13. The van der Waals surface area contributed by atoms with Crippen LogP contribution in [0.15, 0.2) is 24.4 Å². The molecule has 2 aromatic rings. The van der Waals surface area contributed by atoms with E-state index in [2.05, 4.69) is 11.4 Å². The van der Waals surface area contributed by atoms with Crippen LogP contribution in [0.5, 0.6) is 5.75 Å². The fourth-order valence-electron chi connectivity index (χ4n) is 4.12. The molecule has 1 aromatic carbocycles. The normalized spacial score (nSPS) is 16.2. The Kier molecular flexibility index (Phi) is 13.0. The predicted octanol–water partition coefficient (Wildman–Crippen LogP) is 3.55. The Hall–Kier alpha value is -3.03. The minimum absolute atomic E-state index is 0.0854. The van der Waals surface area contributed by atoms with Crippen molar-refractivity contribution >= 4 is 5.97 Å². The maximum atomic E-state index is 11.3. The van der Waals surface area contributed by atoms with Gasteiger partial charge in [-0.15, -0.1) is 0 Å². The van der Waals surface area contributed by atoms with Gasteiger partial charge in [0, 0.05) is 30.9 Å². The smallest absolute Gasteiger partial charge is 0.338 e. The highest BCUT2D eigenvalue weighted by molar-refractivity contribution is 5.93. The number of ether oxygens (including phenoxy) is 2. The predicted molar refractivity (Wildman–Crippen MR) is 140 cm³/mol. The van der Waals surface area contributed by atoms with Crippen molar-refractivity contribution in [2.45, 2.75) is 70.7 Å². The Morgan fingerprint density at radius 3 is 2.35 bits per heavy atom. The molecule has 1 radical (unpaired) electrons. The number of aliphatic hydroxyl groups is 2. The molecule has 0 bridgehead atoms. The highest BCUT2D eigenvalue weighted by Gasteiger charge is 2.25. The van der Waals surface area contributed by atoms with E-state index in [1.165, 1.54) is 64.3 Å². The molecule has 1 aliphatic heterocycles. The molecule has 1 unspecified atom stereocenters. The van der Waals surface area contributed by atoms with Crippen LogP contribution in [0.4, 0.5) is 0 Å². The highest BCUT2D eigenvalue weighted by atomic mass is 16.5. The Balaban J connectivity index is 0.000000204. The number of cyclic esters (lactones) is 1. The summed E-state index contributed by atoms with van der Waals surface area (Å²) in [6.45, 7) is 2.43. The molecule has 1 aromatic heterocycles. The third-order valence-electron chi connectivity index (χ3n) is 6.40. The lowest BCUT2D eigenvalue weighted by Gasteiger charge is -2.13. The van der Waals surface area contributed by atoms with Crippen LogP contribution in [0.25, 0.3) is 0 Å². The quantitative estimate of drug-likeness (QED) is 0.439. The number of hydrogen-bond acceptors (Lipinski definition) is 9. The number of methoxy groups -OCH3 is 1. The Labute approximate surface area is 219 Å². The number of nitrogens with two attached hydrogens (primary N) is 2. The van der Waals surface area contributed by atoms with Gasteiger partial charge in [-0.05, 0) is 30.5 Å². The summed E-state index contributed by atoms with van der Waals surface area (Å²) in [7, 11) is 1.45. The summed E-state index contributed by atoms with van der Waals surface area (Å²) in [5.74, 6) is 0.104. The molecule has 1 aliphatic carbocycles. The summed E-state index contributed by atoms with van der Waals surface area (Å²) < 4.78 is 9.88. The van der Waals surface area contributed by atoms with E-state index in [9.17, 15) is 15.0 Å². The van der Waals surface area contributed by atoms with E-state index in [1.54, 1.807) is 12.1 Å². The van der Waals surface area contributed by atoms with E-state index in [1.807, 2.05) is 13.0 Å². The fraction of sp³-hybridized carbons (Fsp3) is 0.500. The summed E-state index contributed by atoms with van der Waals surface area (Å²) in [4.78, 5) is 15.2.